The van der Waals surface area contributed by atoms with Crippen LogP contribution in [0.5, 0.6) is 0 Å². The van der Waals surface area contributed by atoms with Gasteiger partial charge in [-0.3, -0.25) is 4.79 Å². The first-order valence-corrected chi connectivity index (χ1v) is 11.6. The zero-order chi connectivity index (χ0) is 20.9. The first-order valence-electron chi connectivity index (χ1n) is 11.6. The summed E-state index contributed by atoms with van der Waals surface area (Å²) < 4.78 is 5.72. The van der Waals surface area contributed by atoms with Gasteiger partial charge in [0, 0.05) is 24.0 Å². The van der Waals surface area contributed by atoms with Crippen LogP contribution in [0.15, 0.2) is 42.5 Å². The summed E-state index contributed by atoms with van der Waals surface area (Å²) >= 11 is 0. The highest BCUT2D eigenvalue weighted by atomic mass is 16.5. The number of benzene rings is 1. The molecule has 4 nitrogen and oxygen atoms in total. The lowest BCUT2D eigenvalue weighted by molar-refractivity contribution is -0.166. The molecule has 1 amide bonds. The lowest BCUT2D eigenvalue weighted by Crippen LogP contribution is -2.54. The molecule has 0 spiro atoms. The summed E-state index contributed by atoms with van der Waals surface area (Å²) in [5, 5.41) is 3.19. The van der Waals surface area contributed by atoms with Crippen LogP contribution in [0.3, 0.4) is 0 Å². The zero-order valence-corrected chi connectivity index (χ0v) is 18.1. The maximum Gasteiger partial charge on any atom is 0.330 e. The summed E-state index contributed by atoms with van der Waals surface area (Å²) in [5.74, 6) is 1.91. The Morgan fingerprint density at radius 2 is 1.93 bits per heavy atom. The molecule has 3 fully saturated rings. The Morgan fingerprint density at radius 3 is 2.73 bits per heavy atom. The minimum absolute atomic E-state index is 0.0203. The van der Waals surface area contributed by atoms with Gasteiger partial charge in [-0.2, -0.15) is 0 Å². The van der Waals surface area contributed by atoms with Gasteiger partial charge in [0.25, 0.3) is 0 Å². The predicted octanol–water partition coefficient (Wildman–Crippen LogP) is 4.64. The smallest absolute Gasteiger partial charge is 0.330 e. The summed E-state index contributed by atoms with van der Waals surface area (Å²) in [5.41, 5.74) is 1.36. The molecule has 3 saturated carbocycles. The molecule has 0 unspecified atom stereocenters. The van der Waals surface area contributed by atoms with E-state index in [1.807, 2.05) is 18.2 Å². The summed E-state index contributed by atoms with van der Waals surface area (Å²) in [4.78, 5) is 24.8. The molecule has 4 aliphatic rings. The summed E-state index contributed by atoms with van der Waals surface area (Å²) in [6.45, 7) is 5.32. The number of amides is 1. The third-order valence-corrected chi connectivity index (χ3v) is 8.98. The molecule has 3 aliphatic carbocycles. The average molecular weight is 408 g/mol. The Kier molecular flexibility index (Phi) is 4.79. The molecule has 1 N–H and O–H groups in total. The molecular weight excluding hydrogens is 374 g/mol. The van der Waals surface area contributed by atoms with Crippen LogP contribution < -0.4 is 5.32 Å². The second kappa shape index (κ2) is 7.25. The van der Waals surface area contributed by atoms with Crippen LogP contribution in [0.1, 0.15) is 57.9 Å². The van der Waals surface area contributed by atoms with Crippen LogP contribution in [-0.2, 0) is 20.9 Å². The van der Waals surface area contributed by atoms with E-state index in [-0.39, 0.29) is 34.7 Å². The fourth-order valence-corrected chi connectivity index (χ4v) is 7.39. The van der Waals surface area contributed by atoms with Crippen molar-refractivity contribution in [3.8, 4) is 0 Å². The molecule has 30 heavy (non-hydrogen) atoms. The summed E-state index contributed by atoms with van der Waals surface area (Å²) in [7, 11) is 0. The fourth-order valence-electron chi connectivity index (χ4n) is 7.39. The molecule has 160 valence electrons. The van der Waals surface area contributed by atoms with Gasteiger partial charge in [0.1, 0.15) is 6.10 Å². The largest absolute Gasteiger partial charge is 0.458 e. The number of hydrogen-bond acceptors (Lipinski definition) is 3. The standard InChI is InChI=1S/C26H33NO3/c1-25-12-10-20-19(8-9-22-26(20,2)13-11-23(28)30-22)21(25)14-18(15-25)24(29)27-16-17-6-4-3-5-7-17/h3-7,11,13,18-22H,8-10,12,14-16H2,1-2H3,(H,27,29)/t18-,19+,20-,21-,22+,25+,26+/m0/s1. The number of hydrogen-bond donors (Lipinski definition) is 1. The molecule has 0 saturated heterocycles. The lowest BCUT2D eigenvalue weighted by Gasteiger charge is -2.57. The first kappa shape index (κ1) is 19.8. The molecule has 1 aromatic carbocycles. The van der Waals surface area contributed by atoms with Gasteiger partial charge < -0.3 is 10.1 Å². The number of rotatable bonds is 3. The van der Waals surface area contributed by atoms with Crippen molar-refractivity contribution < 1.29 is 14.3 Å². The highest BCUT2D eigenvalue weighted by Crippen LogP contribution is 2.64. The van der Waals surface area contributed by atoms with E-state index in [1.165, 1.54) is 12.8 Å². The molecule has 1 aromatic rings. The maximum absolute atomic E-state index is 13.0. The molecule has 0 bridgehead atoms. The fraction of sp³-hybridized carbons (Fsp3) is 0.615. The van der Waals surface area contributed by atoms with E-state index in [1.54, 1.807) is 6.08 Å². The number of nitrogens with one attached hydrogen (secondary N) is 1. The average Bonchev–Trinajstić information content (AvgIpc) is 3.11. The van der Waals surface area contributed by atoms with Crippen molar-refractivity contribution in [3.63, 3.8) is 0 Å². The van der Waals surface area contributed by atoms with Crippen molar-refractivity contribution in [1.29, 1.82) is 0 Å². The van der Waals surface area contributed by atoms with Crippen molar-refractivity contribution in [2.75, 3.05) is 0 Å². The summed E-state index contributed by atoms with van der Waals surface area (Å²) in [6.07, 6.45) is 10.2. The molecule has 1 aliphatic heterocycles. The van der Waals surface area contributed by atoms with E-state index >= 15 is 0 Å². The van der Waals surface area contributed by atoms with Gasteiger partial charge in [-0.15, -0.1) is 0 Å². The lowest BCUT2D eigenvalue weighted by atomic mass is 9.49. The topological polar surface area (TPSA) is 55.4 Å². The number of carbonyl (C=O) groups is 2. The van der Waals surface area contributed by atoms with E-state index in [9.17, 15) is 9.59 Å². The van der Waals surface area contributed by atoms with Gasteiger partial charge in [-0.1, -0.05) is 50.3 Å². The van der Waals surface area contributed by atoms with Crippen molar-refractivity contribution in [2.45, 2.75) is 65.0 Å². The van der Waals surface area contributed by atoms with Crippen LogP contribution in [0.25, 0.3) is 0 Å². The normalized spacial score (nSPS) is 41.9. The van der Waals surface area contributed by atoms with Gasteiger partial charge in [-0.25, -0.2) is 4.79 Å². The third-order valence-electron chi connectivity index (χ3n) is 8.98. The van der Waals surface area contributed by atoms with E-state index in [2.05, 4.69) is 37.4 Å². The highest BCUT2D eigenvalue weighted by molar-refractivity contribution is 5.83. The van der Waals surface area contributed by atoms with Gasteiger partial charge in [0.2, 0.25) is 5.91 Å². The predicted molar refractivity (Wildman–Crippen MR) is 115 cm³/mol. The van der Waals surface area contributed by atoms with Crippen molar-refractivity contribution in [3.05, 3.63) is 48.0 Å². The Morgan fingerprint density at radius 1 is 1.13 bits per heavy atom. The first-order chi connectivity index (χ1) is 14.4. The monoisotopic (exact) mass is 407 g/mol. The molecule has 0 radical (unpaired) electrons. The number of carbonyl (C=O) groups excluding carboxylic acids is 2. The Balaban J connectivity index is 1.30. The minimum atomic E-state index is -0.187. The second-order valence-corrected chi connectivity index (χ2v) is 10.6. The summed E-state index contributed by atoms with van der Waals surface area (Å²) in [6, 6.07) is 10.2. The molecule has 1 heterocycles. The van der Waals surface area contributed by atoms with E-state index in [0.29, 0.717) is 24.3 Å². The minimum Gasteiger partial charge on any atom is -0.458 e. The third kappa shape index (κ3) is 3.19. The van der Waals surface area contributed by atoms with Gasteiger partial charge >= 0.3 is 5.97 Å². The zero-order valence-electron chi connectivity index (χ0n) is 18.1. The van der Waals surface area contributed by atoms with Gasteiger partial charge in [-0.05, 0) is 67.3 Å². The maximum atomic E-state index is 13.0. The second-order valence-electron chi connectivity index (χ2n) is 10.6. The Labute approximate surface area is 179 Å². The molecular formula is C26H33NO3. The SMILES string of the molecule is C[C@]12CC[C@H]3[C@@H](CC[C@H]4OC(=O)C=C[C@@]43C)[C@@H]1C[C@H](C(=O)NCc1ccccc1)C2. The van der Waals surface area contributed by atoms with Gasteiger partial charge in [0.15, 0.2) is 0 Å². The quantitative estimate of drug-likeness (QED) is 0.743. The van der Waals surface area contributed by atoms with Crippen LogP contribution in [0.4, 0.5) is 0 Å². The Bertz CT molecular complexity index is 864. The molecule has 5 rings (SSSR count). The molecule has 0 aromatic heterocycles. The number of esters is 1. The van der Waals surface area contributed by atoms with Crippen LogP contribution in [0.2, 0.25) is 0 Å². The van der Waals surface area contributed by atoms with Crippen molar-refractivity contribution in [1.82, 2.24) is 5.32 Å². The van der Waals surface area contributed by atoms with E-state index < -0.39 is 0 Å². The van der Waals surface area contributed by atoms with Crippen LogP contribution in [-0.4, -0.2) is 18.0 Å². The van der Waals surface area contributed by atoms with Crippen molar-refractivity contribution >= 4 is 11.9 Å². The Hall–Kier alpha value is -2.10. The number of fused-ring (bicyclic) bond motifs is 5. The van der Waals surface area contributed by atoms with E-state index in [4.69, 9.17) is 4.74 Å². The van der Waals surface area contributed by atoms with E-state index in [0.717, 1.165) is 31.2 Å². The number of ether oxygens (including phenoxy) is 1. The van der Waals surface area contributed by atoms with Gasteiger partial charge in [0.05, 0.1) is 0 Å². The van der Waals surface area contributed by atoms with Crippen molar-refractivity contribution in [2.24, 2.45) is 34.5 Å². The highest BCUT2D eigenvalue weighted by Gasteiger charge is 2.59. The van der Waals surface area contributed by atoms with Crippen LogP contribution >= 0.6 is 0 Å². The van der Waals surface area contributed by atoms with Crippen LogP contribution in [0, 0.1) is 34.5 Å². The molecule has 4 heteroatoms. The molecule has 7 atom stereocenters.